The Morgan fingerprint density at radius 1 is 1.53 bits per heavy atom. The minimum atomic E-state index is -0.337. The molecule has 1 amide bonds. The first kappa shape index (κ1) is 10.9. The predicted octanol–water partition coefficient (Wildman–Crippen LogP) is 1.42. The molecule has 0 spiro atoms. The Kier molecular flexibility index (Phi) is 2.97. The molecule has 1 aromatic rings. The van der Waals surface area contributed by atoms with Gasteiger partial charge in [-0.3, -0.25) is 4.79 Å². The largest absolute Gasteiger partial charge is 0.389 e. The van der Waals surface area contributed by atoms with Gasteiger partial charge in [0.05, 0.1) is 11.7 Å². The number of carbonyl (C=O) groups excluding carboxylic acids is 1. The summed E-state index contributed by atoms with van der Waals surface area (Å²) in [5.41, 5.74) is 1.85. The van der Waals surface area contributed by atoms with Crippen molar-refractivity contribution < 1.29 is 9.90 Å². The van der Waals surface area contributed by atoms with Gasteiger partial charge in [0, 0.05) is 16.7 Å². The van der Waals surface area contributed by atoms with E-state index in [1.165, 1.54) is 0 Å². The predicted molar refractivity (Wildman–Crippen MR) is 65.8 cm³/mol. The van der Waals surface area contributed by atoms with E-state index in [0.717, 1.165) is 14.7 Å². The zero-order valence-electron chi connectivity index (χ0n) is 8.40. The molecular weight excluding hydrogens is 305 g/mol. The van der Waals surface area contributed by atoms with Gasteiger partial charge in [-0.15, -0.1) is 0 Å². The maximum absolute atomic E-state index is 12.0. The Morgan fingerprint density at radius 2 is 2.20 bits per heavy atom. The molecule has 0 aromatic heterocycles. The van der Waals surface area contributed by atoms with Crippen LogP contribution in [0.25, 0.3) is 0 Å². The third-order valence-corrected chi connectivity index (χ3v) is 4.00. The van der Waals surface area contributed by atoms with Crippen molar-refractivity contribution in [2.24, 2.45) is 0 Å². The molecule has 0 atom stereocenters. The van der Waals surface area contributed by atoms with Crippen molar-refractivity contribution in [3.63, 3.8) is 0 Å². The van der Waals surface area contributed by atoms with E-state index in [2.05, 4.69) is 22.6 Å². The highest BCUT2D eigenvalue weighted by molar-refractivity contribution is 14.1. The number of carbonyl (C=O) groups is 1. The van der Waals surface area contributed by atoms with E-state index in [4.69, 9.17) is 5.11 Å². The average molecular weight is 317 g/mol. The molecular formula is C11H12INO2. The lowest BCUT2D eigenvalue weighted by Gasteiger charge is -2.36. The summed E-state index contributed by atoms with van der Waals surface area (Å²) >= 11 is 2.19. The van der Waals surface area contributed by atoms with E-state index < -0.39 is 0 Å². The molecule has 0 radical (unpaired) electrons. The number of likely N-dealkylation sites (tertiary alicyclic amines) is 1. The fraction of sp³-hybridized carbons (Fsp3) is 0.364. The number of hydrogen-bond acceptors (Lipinski definition) is 2. The first-order chi connectivity index (χ1) is 7.09. The van der Waals surface area contributed by atoms with Crippen molar-refractivity contribution in [2.75, 3.05) is 13.1 Å². The lowest BCUT2D eigenvalue weighted by molar-refractivity contribution is 0.00582. The molecule has 1 fully saturated rings. The van der Waals surface area contributed by atoms with Crippen molar-refractivity contribution in [1.29, 1.82) is 0 Å². The van der Waals surface area contributed by atoms with E-state index in [-0.39, 0.29) is 12.0 Å². The lowest BCUT2D eigenvalue weighted by atomic mass is 10.1. The van der Waals surface area contributed by atoms with Crippen LogP contribution in [-0.2, 0) is 0 Å². The summed E-state index contributed by atoms with van der Waals surface area (Å²) in [6, 6.07) is 5.71. The van der Waals surface area contributed by atoms with Gasteiger partial charge in [-0.25, -0.2) is 0 Å². The normalized spacial score (nSPS) is 16.3. The molecule has 15 heavy (non-hydrogen) atoms. The number of β-amino-alcohol motifs (C(OH)–C–C–N with tert-alkyl or cyclic N) is 1. The highest BCUT2D eigenvalue weighted by atomic mass is 127. The summed E-state index contributed by atoms with van der Waals surface area (Å²) in [6.45, 7) is 2.91. The molecule has 0 saturated carbocycles. The van der Waals surface area contributed by atoms with E-state index in [1.807, 2.05) is 25.1 Å². The van der Waals surface area contributed by atoms with Crippen molar-refractivity contribution in [3.8, 4) is 0 Å². The minimum Gasteiger partial charge on any atom is -0.389 e. The Labute approximate surface area is 102 Å². The molecule has 1 aliphatic heterocycles. The highest BCUT2D eigenvalue weighted by Gasteiger charge is 2.30. The smallest absolute Gasteiger partial charge is 0.255 e. The molecule has 0 bridgehead atoms. The van der Waals surface area contributed by atoms with Gasteiger partial charge in [0.15, 0.2) is 0 Å². The molecule has 1 aromatic carbocycles. The number of aliphatic hydroxyl groups is 1. The van der Waals surface area contributed by atoms with Gasteiger partial charge in [0.1, 0.15) is 0 Å². The fourth-order valence-electron chi connectivity index (χ4n) is 1.60. The molecule has 1 heterocycles. The Hall–Kier alpha value is -0.620. The Morgan fingerprint density at radius 3 is 2.80 bits per heavy atom. The van der Waals surface area contributed by atoms with Crippen LogP contribution >= 0.6 is 22.6 Å². The van der Waals surface area contributed by atoms with Crippen molar-refractivity contribution in [3.05, 3.63) is 32.9 Å². The van der Waals surface area contributed by atoms with Crippen LogP contribution in [-0.4, -0.2) is 35.1 Å². The third-order valence-electron chi connectivity index (χ3n) is 2.57. The maximum atomic E-state index is 12.0. The zero-order chi connectivity index (χ0) is 11.0. The first-order valence-corrected chi connectivity index (χ1v) is 5.90. The molecule has 1 aliphatic rings. The summed E-state index contributed by atoms with van der Waals surface area (Å²) < 4.78 is 1.00. The number of nitrogens with zero attached hydrogens (tertiary/aromatic N) is 1. The molecule has 2 rings (SSSR count). The van der Waals surface area contributed by atoms with Crippen LogP contribution in [0, 0.1) is 10.5 Å². The van der Waals surface area contributed by atoms with E-state index in [0.29, 0.717) is 13.1 Å². The van der Waals surface area contributed by atoms with Crippen molar-refractivity contribution in [1.82, 2.24) is 4.90 Å². The second-order valence-electron chi connectivity index (χ2n) is 3.80. The molecule has 1 saturated heterocycles. The molecule has 0 unspecified atom stereocenters. The van der Waals surface area contributed by atoms with Gasteiger partial charge >= 0.3 is 0 Å². The lowest BCUT2D eigenvalue weighted by Crippen LogP contribution is -2.53. The molecule has 0 aliphatic carbocycles. The Balaban J connectivity index is 2.22. The fourth-order valence-corrected chi connectivity index (χ4v) is 2.19. The number of aryl methyl sites for hydroxylation is 1. The SMILES string of the molecule is Cc1cccc(C(=O)N2CC(O)C2)c1I. The van der Waals surface area contributed by atoms with Crippen LogP contribution in [0.1, 0.15) is 15.9 Å². The highest BCUT2D eigenvalue weighted by Crippen LogP contribution is 2.20. The second-order valence-corrected chi connectivity index (χ2v) is 4.88. The quantitative estimate of drug-likeness (QED) is 0.796. The minimum absolute atomic E-state index is 0.0217. The van der Waals surface area contributed by atoms with Crippen LogP contribution in [0.15, 0.2) is 18.2 Å². The number of rotatable bonds is 1. The number of amides is 1. The number of benzene rings is 1. The molecule has 4 heteroatoms. The molecule has 3 nitrogen and oxygen atoms in total. The van der Waals surface area contributed by atoms with Crippen LogP contribution in [0.3, 0.4) is 0 Å². The van der Waals surface area contributed by atoms with Gasteiger partial charge < -0.3 is 10.0 Å². The molecule has 1 N–H and O–H groups in total. The van der Waals surface area contributed by atoms with Crippen LogP contribution < -0.4 is 0 Å². The number of aliphatic hydroxyl groups excluding tert-OH is 1. The van der Waals surface area contributed by atoms with E-state index in [1.54, 1.807) is 4.90 Å². The van der Waals surface area contributed by atoms with Gasteiger partial charge in [-0.1, -0.05) is 12.1 Å². The van der Waals surface area contributed by atoms with Crippen molar-refractivity contribution in [2.45, 2.75) is 13.0 Å². The van der Waals surface area contributed by atoms with Crippen LogP contribution in [0.5, 0.6) is 0 Å². The maximum Gasteiger partial charge on any atom is 0.255 e. The Bertz CT molecular complexity index is 400. The summed E-state index contributed by atoms with van der Waals surface area (Å²) in [5.74, 6) is 0.0217. The standard InChI is InChI=1S/C11H12INO2/c1-7-3-2-4-9(10(7)12)11(15)13-5-8(14)6-13/h2-4,8,14H,5-6H2,1H3. The van der Waals surface area contributed by atoms with Gasteiger partial charge in [0.2, 0.25) is 0 Å². The van der Waals surface area contributed by atoms with Crippen molar-refractivity contribution >= 4 is 28.5 Å². The van der Waals surface area contributed by atoms with Crippen LogP contribution in [0.2, 0.25) is 0 Å². The van der Waals surface area contributed by atoms with Gasteiger partial charge in [-0.2, -0.15) is 0 Å². The summed E-state index contributed by atoms with van der Waals surface area (Å²) in [4.78, 5) is 13.6. The number of halogens is 1. The third kappa shape index (κ3) is 2.01. The molecule has 80 valence electrons. The average Bonchev–Trinajstić information content (AvgIpc) is 2.16. The first-order valence-electron chi connectivity index (χ1n) is 4.82. The topological polar surface area (TPSA) is 40.5 Å². The second kappa shape index (κ2) is 4.09. The zero-order valence-corrected chi connectivity index (χ0v) is 10.6. The summed E-state index contributed by atoms with van der Waals surface area (Å²) in [7, 11) is 0. The van der Waals surface area contributed by atoms with Gasteiger partial charge in [0.25, 0.3) is 5.91 Å². The monoisotopic (exact) mass is 317 g/mol. The van der Waals surface area contributed by atoms with E-state index in [9.17, 15) is 4.79 Å². The summed E-state index contributed by atoms with van der Waals surface area (Å²) in [6.07, 6.45) is -0.337. The van der Waals surface area contributed by atoms with Gasteiger partial charge in [-0.05, 0) is 41.1 Å². The van der Waals surface area contributed by atoms with Crippen LogP contribution in [0.4, 0.5) is 0 Å². The summed E-state index contributed by atoms with van der Waals surface area (Å²) in [5, 5.41) is 9.14. The number of hydrogen-bond donors (Lipinski definition) is 1. The van der Waals surface area contributed by atoms with E-state index >= 15 is 0 Å².